The SMILES string of the molecule is CO[C@H](C)c1nc(Cn2ccc(-c3ccsc3)n2)cs1. The molecule has 0 radical (unpaired) electrons. The summed E-state index contributed by atoms with van der Waals surface area (Å²) in [5.74, 6) is 0. The summed E-state index contributed by atoms with van der Waals surface area (Å²) >= 11 is 3.31. The molecule has 3 aromatic heterocycles. The lowest BCUT2D eigenvalue weighted by atomic mass is 10.2. The standard InChI is InChI=1S/C14H15N3OS2/c1-10(18-2)14-15-12(9-20-14)7-17-5-3-13(16-17)11-4-6-19-8-11/h3-6,8-10H,7H2,1-2H3/t10-/m1/s1. The van der Waals surface area contributed by atoms with Crippen molar-refractivity contribution in [2.24, 2.45) is 0 Å². The van der Waals surface area contributed by atoms with Crippen LogP contribution in [-0.4, -0.2) is 21.9 Å². The first-order valence-corrected chi connectivity index (χ1v) is 8.11. The van der Waals surface area contributed by atoms with Crippen molar-refractivity contribution >= 4 is 22.7 Å². The lowest BCUT2D eigenvalue weighted by Crippen LogP contribution is -2.02. The van der Waals surface area contributed by atoms with Crippen LogP contribution in [0.25, 0.3) is 11.3 Å². The second kappa shape index (κ2) is 5.87. The van der Waals surface area contributed by atoms with Gasteiger partial charge < -0.3 is 4.74 Å². The zero-order valence-corrected chi connectivity index (χ0v) is 12.9. The third kappa shape index (κ3) is 2.82. The van der Waals surface area contributed by atoms with E-state index in [1.807, 2.05) is 23.9 Å². The molecule has 0 N–H and O–H groups in total. The van der Waals surface area contributed by atoms with Crippen molar-refractivity contribution < 1.29 is 4.74 Å². The van der Waals surface area contributed by atoms with E-state index in [1.165, 1.54) is 5.56 Å². The van der Waals surface area contributed by atoms with Crippen molar-refractivity contribution in [3.05, 3.63) is 45.2 Å². The number of rotatable bonds is 5. The van der Waals surface area contributed by atoms with Crippen LogP contribution >= 0.6 is 22.7 Å². The maximum absolute atomic E-state index is 5.28. The Morgan fingerprint density at radius 3 is 3.00 bits per heavy atom. The quantitative estimate of drug-likeness (QED) is 0.719. The van der Waals surface area contributed by atoms with Gasteiger partial charge in [0.05, 0.1) is 17.9 Å². The molecular formula is C14H15N3OS2. The number of hydrogen-bond donors (Lipinski definition) is 0. The molecule has 0 aliphatic rings. The van der Waals surface area contributed by atoms with Gasteiger partial charge in [0.25, 0.3) is 0 Å². The molecular weight excluding hydrogens is 290 g/mol. The van der Waals surface area contributed by atoms with E-state index in [1.54, 1.807) is 29.8 Å². The first kappa shape index (κ1) is 13.5. The first-order chi connectivity index (χ1) is 9.76. The van der Waals surface area contributed by atoms with E-state index in [4.69, 9.17) is 4.74 Å². The molecule has 104 valence electrons. The Hall–Kier alpha value is -1.50. The summed E-state index contributed by atoms with van der Waals surface area (Å²) < 4.78 is 7.20. The van der Waals surface area contributed by atoms with Crippen LogP contribution in [0.2, 0.25) is 0 Å². The van der Waals surface area contributed by atoms with Gasteiger partial charge in [0, 0.05) is 29.6 Å². The van der Waals surface area contributed by atoms with Gasteiger partial charge >= 0.3 is 0 Å². The first-order valence-electron chi connectivity index (χ1n) is 6.29. The Morgan fingerprint density at radius 2 is 2.25 bits per heavy atom. The molecule has 3 heterocycles. The minimum atomic E-state index is 0.0488. The Bertz CT molecular complexity index is 672. The molecule has 3 rings (SSSR count). The maximum Gasteiger partial charge on any atom is 0.122 e. The van der Waals surface area contributed by atoms with E-state index < -0.39 is 0 Å². The van der Waals surface area contributed by atoms with E-state index in [-0.39, 0.29) is 6.10 Å². The highest BCUT2D eigenvalue weighted by Crippen LogP contribution is 2.22. The summed E-state index contributed by atoms with van der Waals surface area (Å²) in [6.45, 7) is 2.70. The van der Waals surface area contributed by atoms with Gasteiger partial charge in [0.15, 0.2) is 0 Å². The maximum atomic E-state index is 5.28. The number of aromatic nitrogens is 3. The molecule has 0 amide bonds. The van der Waals surface area contributed by atoms with Crippen LogP contribution in [0.1, 0.15) is 23.7 Å². The Labute approximate surface area is 125 Å². The predicted molar refractivity (Wildman–Crippen MR) is 82.2 cm³/mol. The van der Waals surface area contributed by atoms with Gasteiger partial charge in [0.1, 0.15) is 11.1 Å². The van der Waals surface area contributed by atoms with Gasteiger partial charge in [-0.1, -0.05) is 0 Å². The Kier molecular flexibility index (Phi) is 3.95. The summed E-state index contributed by atoms with van der Waals surface area (Å²) in [5, 5.41) is 11.8. The van der Waals surface area contributed by atoms with Crippen molar-refractivity contribution in [3.63, 3.8) is 0 Å². The monoisotopic (exact) mass is 305 g/mol. The molecule has 0 aromatic carbocycles. The molecule has 0 saturated heterocycles. The molecule has 0 fully saturated rings. The van der Waals surface area contributed by atoms with Gasteiger partial charge in [0.2, 0.25) is 0 Å². The number of nitrogens with zero attached hydrogens (tertiary/aromatic N) is 3. The normalized spacial score (nSPS) is 12.7. The highest BCUT2D eigenvalue weighted by atomic mass is 32.1. The van der Waals surface area contributed by atoms with Crippen molar-refractivity contribution in [1.82, 2.24) is 14.8 Å². The van der Waals surface area contributed by atoms with Gasteiger partial charge in [-0.2, -0.15) is 16.4 Å². The summed E-state index contributed by atoms with van der Waals surface area (Å²) in [5.41, 5.74) is 3.20. The second-order valence-electron chi connectivity index (χ2n) is 4.47. The van der Waals surface area contributed by atoms with Crippen LogP contribution < -0.4 is 0 Å². The van der Waals surface area contributed by atoms with E-state index in [2.05, 4.69) is 32.3 Å². The second-order valence-corrected chi connectivity index (χ2v) is 6.14. The highest BCUT2D eigenvalue weighted by molar-refractivity contribution is 7.09. The number of hydrogen-bond acceptors (Lipinski definition) is 5. The molecule has 20 heavy (non-hydrogen) atoms. The fraction of sp³-hybridized carbons (Fsp3) is 0.286. The third-order valence-electron chi connectivity index (χ3n) is 3.05. The number of ether oxygens (including phenoxy) is 1. The van der Waals surface area contributed by atoms with Crippen LogP contribution in [0.3, 0.4) is 0 Å². The van der Waals surface area contributed by atoms with E-state index in [0.29, 0.717) is 6.54 Å². The molecule has 0 aliphatic carbocycles. The average Bonchev–Trinajstić information content (AvgIpc) is 3.19. The summed E-state index contributed by atoms with van der Waals surface area (Å²) in [6.07, 6.45) is 2.04. The van der Waals surface area contributed by atoms with Gasteiger partial charge in [-0.3, -0.25) is 4.68 Å². The topological polar surface area (TPSA) is 39.9 Å². The van der Waals surface area contributed by atoms with Crippen LogP contribution in [-0.2, 0) is 11.3 Å². The minimum absolute atomic E-state index is 0.0488. The van der Waals surface area contributed by atoms with Crippen molar-refractivity contribution in [2.75, 3.05) is 7.11 Å². The minimum Gasteiger partial charge on any atom is -0.375 e. The van der Waals surface area contributed by atoms with Crippen LogP contribution in [0.4, 0.5) is 0 Å². The number of thiazole rings is 1. The molecule has 6 heteroatoms. The van der Waals surface area contributed by atoms with Gasteiger partial charge in [-0.15, -0.1) is 11.3 Å². The van der Waals surface area contributed by atoms with Gasteiger partial charge in [-0.05, 0) is 24.4 Å². The lowest BCUT2D eigenvalue weighted by molar-refractivity contribution is 0.119. The lowest BCUT2D eigenvalue weighted by Gasteiger charge is -2.03. The Balaban J connectivity index is 1.73. The summed E-state index contributed by atoms with van der Waals surface area (Å²) in [4.78, 5) is 4.58. The molecule has 0 spiro atoms. The van der Waals surface area contributed by atoms with Crippen LogP contribution in [0.15, 0.2) is 34.5 Å². The van der Waals surface area contributed by atoms with Gasteiger partial charge in [-0.25, -0.2) is 4.98 Å². The largest absolute Gasteiger partial charge is 0.375 e. The summed E-state index contributed by atoms with van der Waals surface area (Å²) in [6, 6.07) is 4.12. The van der Waals surface area contributed by atoms with E-state index in [9.17, 15) is 0 Å². The zero-order valence-electron chi connectivity index (χ0n) is 11.3. The average molecular weight is 305 g/mol. The van der Waals surface area contributed by atoms with E-state index in [0.717, 1.165) is 16.4 Å². The molecule has 0 saturated carbocycles. The molecule has 0 unspecified atom stereocenters. The Morgan fingerprint density at radius 1 is 1.35 bits per heavy atom. The van der Waals surface area contributed by atoms with E-state index >= 15 is 0 Å². The third-order valence-corrected chi connectivity index (χ3v) is 4.79. The number of thiophene rings is 1. The molecule has 0 bridgehead atoms. The van der Waals surface area contributed by atoms with Crippen LogP contribution in [0.5, 0.6) is 0 Å². The summed E-state index contributed by atoms with van der Waals surface area (Å²) in [7, 11) is 1.70. The van der Waals surface area contributed by atoms with Crippen LogP contribution in [0, 0.1) is 0 Å². The number of methoxy groups -OCH3 is 1. The fourth-order valence-electron chi connectivity index (χ4n) is 1.86. The predicted octanol–water partition coefficient (Wildman–Crippen LogP) is 3.82. The molecule has 0 aliphatic heterocycles. The van der Waals surface area contributed by atoms with Crippen molar-refractivity contribution in [2.45, 2.75) is 19.6 Å². The fourth-order valence-corrected chi connectivity index (χ4v) is 3.35. The van der Waals surface area contributed by atoms with Crippen molar-refractivity contribution in [1.29, 1.82) is 0 Å². The molecule has 1 atom stereocenters. The van der Waals surface area contributed by atoms with Crippen molar-refractivity contribution in [3.8, 4) is 11.3 Å². The highest BCUT2D eigenvalue weighted by Gasteiger charge is 2.10. The zero-order chi connectivity index (χ0) is 13.9. The smallest absolute Gasteiger partial charge is 0.122 e. The molecule has 4 nitrogen and oxygen atoms in total. The molecule has 3 aromatic rings.